The van der Waals surface area contributed by atoms with Gasteiger partial charge in [0.1, 0.15) is 18.1 Å². The van der Waals surface area contributed by atoms with Crippen molar-refractivity contribution < 1.29 is 19.4 Å². The summed E-state index contributed by atoms with van der Waals surface area (Å²) in [7, 11) is 0. The summed E-state index contributed by atoms with van der Waals surface area (Å²) in [5.74, 6) is 0.0369. The van der Waals surface area contributed by atoms with Crippen LogP contribution >= 0.6 is 0 Å². The van der Waals surface area contributed by atoms with Gasteiger partial charge in [-0.2, -0.15) is 4.99 Å². The van der Waals surface area contributed by atoms with Crippen LogP contribution in [-0.4, -0.2) is 38.5 Å². The first-order valence-electron chi connectivity index (χ1n) is 13.5. The van der Waals surface area contributed by atoms with E-state index in [0.717, 1.165) is 5.56 Å². The van der Waals surface area contributed by atoms with E-state index in [1.807, 2.05) is 13.8 Å². The number of amides is 2. The second-order valence-corrected chi connectivity index (χ2v) is 9.96. The van der Waals surface area contributed by atoms with E-state index in [0.29, 0.717) is 33.8 Å². The first kappa shape index (κ1) is 30.5. The van der Waals surface area contributed by atoms with Gasteiger partial charge in [0.2, 0.25) is 5.91 Å². The summed E-state index contributed by atoms with van der Waals surface area (Å²) in [5, 5.41) is 15.4. The van der Waals surface area contributed by atoms with E-state index in [9.17, 15) is 19.5 Å². The molecule has 0 aliphatic rings. The number of carbonyl (C=O) groups excluding carboxylic acids is 2. The molecule has 0 bridgehead atoms. The molecule has 0 radical (unpaired) electrons. The molecule has 7 N–H and O–H groups in total. The molecule has 0 atom stereocenters. The number of para-hydroxylation sites is 1. The zero-order valence-electron chi connectivity index (χ0n) is 23.8. The first-order valence-corrected chi connectivity index (χ1v) is 13.5. The highest BCUT2D eigenvalue weighted by Gasteiger charge is 2.17. The van der Waals surface area contributed by atoms with Crippen molar-refractivity contribution in [3.05, 3.63) is 106 Å². The maximum absolute atomic E-state index is 13.3. The number of nitrogen functional groups attached to an aromatic ring is 1. The molecule has 0 spiro atoms. The van der Waals surface area contributed by atoms with E-state index < -0.39 is 17.6 Å². The van der Waals surface area contributed by atoms with Gasteiger partial charge in [-0.05, 0) is 55.3 Å². The van der Waals surface area contributed by atoms with Crippen LogP contribution in [-0.2, 0) is 24.5 Å². The van der Waals surface area contributed by atoms with Crippen LogP contribution in [0.25, 0.3) is 11.3 Å². The summed E-state index contributed by atoms with van der Waals surface area (Å²) in [6.07, 6.45) is 0.651. The average Bonchev–Trinajstić information content (AvgIpc) is 2.98. The van der Waals surface area contributed by atoms with Crippen molar-refractivity contribution in [2.45, 2.75) is 39.6 Å². The monoisotopic (exact) mass is 583 g/mol. The Morgan fingerprint density at radius 1 is 1.05 bits per heavy atom. The summed E-state index contributed by atoms with van der Waals surface area (Å²) in [6.45, 7) is 3.40. The van der Waals surface area contributed by atoms with Crippen LogP contribution in [0.5, 0.6) is 5.75 Å². The van der Waals surface area contributed by atoms with Gasteiger partial charge in [0.25, 0.3) is 5.56 Å². The number of aliphatic hydroxyl groups excluding tert-OH is 1. The van der Waals surface area contributed by atoms with Crippen molar-refractivity contribution in [1.29, 1.82) is 0 Å². The Kier molecular flexibility index (Phi) is 9.86. The van der Waals surface area contributed by atoms with Gasteiger partial charge in [0.05, 0.1) is 18.5 Å². The summed E-state index contributed by atoms with van der Waals surface area (Å²) in [4.78, 5) is 46.5. The van der Waals surface area contributed by atoms with Crippen LogP contribution in [0, 0.1) is 0 Å². The zero-order valence-corrected chi connectivity index (χ0v) is 23.8. The largest absolute Gasteiger partial charge is 0.441 e. The SMILES string of the molecule is CC(C)Nc1ncc(-c2cc(N)cc(CO)c2)n(CC(=O)NCc2ccc(/C(N)=N/C(=O)Oc3ccccc3)cc2)c1=O. The maximum atomic E-state index is 13.3. The highest BCUT2D eigenvalue weighted by molar-refractivity contribution is 6.03. The molecule has 222 valence electrons. The number of aliphatic hydroxyl groups is 1. The quantitative estimate of drug-likeness (QED) is 0.106. The number of hydrogen-bond donors (Lipinski definition) is 5. The third-order valence-electron chi connectivity index (χ3n) is 6.17. The molecular weight excluding hydrogens is 550 g/mol. The number of hydrogen-bond acceptors (Lipinski definition) is 8. The number of benzene rings is 3. The maximum Gasteiger partial charge on any atom is 0.441 e. The number of nitrogens with two attached hydrogens (primary N) is 2. The molecule has 43 heavy (non-hydrogen) atoms. The average molecular weight is 584 g/mol. The fourth-order valence-electron chi connectivity index (χ4n) is 4.17. The van der Waals surface area contributed by atoms with Gasteiger partial charge >= 0.3 is 6.09 Å². The number of anilines is 2. The fourth-order valence-corrected chi connectivity index (χ4v) is 4.17. The van der Waals surface area contributed by atoms with Crippen LogP contribution in [0.2, 0.25) is 0 Å². The van der Waals surface area contributed by atoms with Crippen LogP contribution in [0.4, 0.5) is 16.3 Å². The molecule has 1 heterocycles. The van der Waals surface area contributed by atoms with E-state index in [1.165, 1.54) is 10.8 Å². The molecule has 12 nitrogen and oxygen atoms in total. The van der Waals surface area contributed by atoms with Crippen molar-refractivity contribution in [1.82, 2.24) is 14.9 Å². The third-order valence-corrected chi connectivity index (χ3v) is 6.17. The number of amidine groups is 1. The Morgan fingerprint density at radius 3 is 2.44 bits per heavy atom. The van der Waals surface area contributed by atoms with Crippen molar-refractivity contribution >= 4 is 29.3 Å². The molecule has 3 aromatic carbocycles. The molecule has 1 aromatic heterocycles. The Labute approximate surface area is 248 Å². The van der Waals surface area contributed by atoms with Crippen LogP contribution < -0.4 is 32.4 Å². The summed E-state index contributed by atoms with van der Waals surface area (Å²) in [6, 6.07) is 20.2. The number of rotatable bonds is 10. The van der Waals surface area contributed by atoms with Crippen molar-refractivity contribution in [2.24, 2.45) is 10.7 Å². The van der Waals surface area contributed by atoms with E-state index in [2.05, 4.69) is 20.6 Å². The lowest BCUT2D eigenvalue weighted by atomic mass is 10.1. The molecule has 0 aliphatic heterocycles. The Balaban J connectivity index is 1.46. The van der Waals surface area contributed by atoms with E-state index in [1.54, 1.807) is 72.8 Å². The second kappa shape index (κ2) is 13.9. The smallest absolute Gasteiger partial charge is 0.409 e. The van der Waals surface area contributed by atoms with Crippen molar-refractivity contribution in [3.63, 3.8) is 0 Å². The minimum Gasteiger partial charge on any atom is -0.409 e. The van der Waals surface area contributed by atoms with Gasteiger partial charge in [0.15, 0.2) is 5.82 Å². The van der Waals surface area contributed by atoms with Crippen LogP contribution in [0.15, 0.2) is 88.8 Å². The lowest BCUT2D eigenvalue weighted by Gasteiger charge is -2.17. The Morgan fingerprint density at radius 2 is 1.77 bits per heavy atom. The molecule has 0 unspecified atom stereocenters. The van der Waals surface area contributed by atoms with Crippen LogP contribution in [0.1, 0.15) is 30.5 Å². The van der Waals surface area contributed by atoms with E-state index in [-0.39, 0.29) is 37.4 Å². The van der Waals surface area contributed by atoms with Crippen molar-refractivity contribution in [3.8, 4) is 17.0 Å². The molecular formula is C31H33N7O5. The van der Waals surface area contributed by atoms with Gasteiger partial charge < -0.3 is 31.9 Å². The molecule has 0 aliphatic carbocycles. The molecule has 4 rings (SSSR count). The molecule has 0 fully saturated rings. The predicted molar refractivity (Wildman–Crippen MR) is 165 cm³/mol. The van der Waals surface area contributed by atoms with Crippen LogP contribution in [0.3, 0.4) is 0 Å². The number of aliphatic imine (C=N–C) groups is 1. The van der Waals surface area contributed by atoms with Gasteiger partial charge in [0, 0.05) is 29.4 Å². The number of aromatic nitrogens is 2. The molecule has 0 saturated carbocycles. The zero-order chi connectivity index (χ0) is 30.9. The van der Waals surface area contributed by atoms with Gasteiger partial charge in [-0.25, -0.2) is 9.78 Å². The Hall–Kier alpha value is -5.49. The topological polar surface area (TPSA) is 187 Å². The molecule has 2 amide bonds. The van der Waals surface area contributed by atoms with E-state index >= 15 is 0 Å². The first-order chi connectivity index (χ1) is 20.6. The molecule has 0 saturated heterocycles. The van der Waals surface area contributed by atoms with E-state index in [4.69, 9.17) is 16.2 Å². The lowest BCUT2D eigenvalue weighted by Crippen LogP contribution is -2.35. The number of carbonyl (C=O) groups is 2. The number of ether oxygens (including phenoxy) is 1. The molecule has 12 heteroatoms. The second-order valence-electron chi connectivity index (χ2n) is 9.96. The van der Waals surface area contributed by atoms with Gasteiger partial charge in [-0.3, -0.25) is 14.2 Å². The highest BCUT2D eigenvalue weighted by Crippen LogP contribution is 2.23. The highest BCUT2D eigenvalue weighted by atomic mass is 16.5. The predicted octanol–water partition coefficient (Wildman–Crippen LogP) is 3.03. The Bertz CT molecular complexity index is 1680. The van der Waals surface area contributed by atoms with Gasteiger partial charge in [-0.15, -0.1) is 0 Å². The number of nitrogens with zero attached hydrogens (tertiary/aromatic N) is 3. The van der Waals surface area contributed by atoms with Gasteiger partial charge in [-0.1, -0.05) is 42.5 Å². The molecule has 4 aromatic rings. The minimum absolute atomic E-state index is 0.0159. The summed E-state index contributed by atoms with van der Waals surface area (Å²) in [5.41, 5.74) is 14.6. The standard InChI is InChI=1S/C31H33N7O5/c1-19(2)36-29-30(41)38(26(16-35-29)23-12-21(18-39)13-24(32)14-23)17-27(40)34-15-20-8-10-22(11-9-20)28(33)37-31(42)43-25-6-4-3-5-7-25/h3-14,16,19,39H,15,17-18,32H2,1-2H3,(H,34,40)(H,35,36)(H2,33,37,42). The minimum atomic E-state index is -0.844. The summed E-state index contributed by atoms with van der Waals surface area (Å²) < 4.78 is 6.45. The van der Waals surface area contributed by atoms with Crippen molar-refractivity contribution in [2.75, 3.05) is 11.1 Å². The lowest BCUT2D eigenvalue weighted by molar-refractivity contribution is -0.121. The normalized spacial score (nSPS) is 11.3. The summed E-state index contributed by atoms with van der Waals surface area (Å²) >= 11 is 0. The fraction of sp³-hybridized carbons (Fsp3) is 0.194. The third kappa shape index (κ3) is 8.27. The number of nitrogens with one attached hydrogen (secondary N) is 2.